The molecule has 12 nitrogen and oxygen atoms in total. The fourth-order valence-electron chi connectivity index (χ4n) is 14.7. The fraction of sp³-hybridized carbons (Fsp3) is 0.733. The molecule has 0 aromatic rings. The Morgan fingerprint density at radius 3 is 1.48 bits per heavy atom. The molecule has 8 rings (SSSR count). The monoisotopic (exact) mass is 894 g/mol. The normalized spacial score (nSPS) is 50.1. The number of Topliss-reactive ketones (excluding diaryl/α,β-unsaturated/α-hetero) is 2. The summed E-state index contributed by atoms with van der Waals surface area (Å²) in [6.45, 7) is 9.75. The van der Waals surface area contributed by atoms with E-state index in [0.717, 1.165) is 17.4 Å². The van der Waals surface area contributed by atoms with E-state index in [1.165, 1.54) is 12.2 Å². The summed E-state index contributed by atoms with van der Waals surface area (Å²) >= 11 is 14.6. The van der Waals surface area contributed by atoms with Crippen LogP contribution in [0.1, 0.15) is 92.9 Å². The Balaban J connectivity index is 0.000000183. The molecule has 0 heterocycles. The molecule has 0 radical (unpaired) electrons. The van der Waals surface area contributed by atoms with Crippen LogP contribution in [-0.2, 0) is 33.5 Å². The van der Waals surface area contributed by atoms with Crippen LogP contribution in [0.3, 0.4) is 0 Å². The van der Waals surface area contributed by atoms with Gasteiger partial charge in [-0.15, -0.1) is 23.2 Å². The summed E-state index contributed by atoms with van der Waals surface area (Å²) in [4.78, 5) is 47.6. The number of hydrogen-bond acceptors (Lipinski definition) is 12. The molecule has 8 aliphatic carbocycles. The topological polar surface area (TPSA) is 213 Å². The first kappa shape index (κ1) is 45.9. The average molecular weight is 896 g/mol. The molecule has 332 valence electrons. The van der Waals surface area contributed by atoms with Gasteiger partial charge in [0.25, 0.3) is 10.1 Å². The average Bonchev–Trinajstić information content (AvgIpc) is 3.50. The van der Waals surface area contributed by atoms with Crippen molar-refractivity contribution in [3.8, 4) is 0 Å². The molecular formula is C45H60Cl2O12S. The number of fused-ring (bicyclic) bond motifs is 10. The van der Waals surface area contributed by atoms with Gasteiger partial charge >= 0.3 is 0 Å². The molecule has 8 aliphatic rings. The lowest BCUT2D eigenvalue weighted by atomic mass is 9.45. The molecule has 0 amide bonds. The van der Waals surface area contributed by atoms with Gasteiger partial charge in [-0.25, -0.2) is 0 Å². The molecule has 0 saturated heterocycles. The number of carbonyl (C=O) groups is 4. The van der Waals surface area contributed by atoms with Gasteiger partial charge < -0.3 is 25.5 Å². The van der Waals surface area contributed by atoms with Crippen LogP contribution in [0, 0.1) is 57.2 Å². The molecule has 0 bridgehead atoms. The second kappa shape index (κ2) is 14.5. The zero-order valence-corrected chi connectivity index (χ0v) is 37.7. The van der Waals surface area contributed by atoms with E-state index in [-0.39, 0.29) is 54.0 Å². The third-order valence-electron chi connectivity index (χ3n) is 17.8. The van der Waals surface area contributed by atoms with E-state index in [4.69, 9.17) is 27.4 Å². The van der Waals surface area contributed by atoms with E-state index in [1.54, 1.807) is 32.1 Å². The van der Waals surface area contributed by atoms with E-state index >= 15 is 0 Å². The minimum atomic E-state index is -3.85. The Kier molecular flexibility index (Phi) is 11.1. The largest absolute Gasteiger partial charge is 0.391 e. The van der Waals surface area contributed by atoms with Crippen molar-refractivity contribution in [2.45, 2.75) is 126 Å². The van der Waals surface area contributed by atoms with Gasteiger partial charge in [0, 0.05) is 21.7 Å². The summed E-state index contributed by atoms with van der Waals surface area (Å²) in [5.74, 6) is -2.78. The molecule has 16 atom stereocenters. The van der Waals surface area contributed by atoms with Crippen LogP contribution >= 0.6 is 23.2 Å². The molecule has 8 unspecified atom stereocenters. The minimum absolute atomic E-state index is 0.0567. The number of alkyl halides is 2. The highest BCUT2D eigenvalue weighted by Gasteiger charge is 2.76. The maximum absolute atomic E-state index is 13.1. The molecular weight excluding hydrogens is 835 g/mol. The lowest BCUT2D eigenvalue weighted by molar-refractivity contribution is -0.179. The van der Waals surface area contributed by atoms with E-state index in [0.29, 0.717) is 38.5 Å². The molecule has 6 saturated carbocycles. The van der Waals surface area contributed by atoms with Crippen LogP contribution in [0.5, 0.6) is 0 Å². The van der Waals surface area contributed by atoms with E-state index in [2.05, 4.69) is 0 Å². The minimum Gasteiger partial charge on any atom is -0.391 e. The summed E-state index contributed by atoms with van der Waals surface area (Å²) in [5.41, 5.74) is -4.92. The quantitative estimate of drug-likeness (QED) is 0.187. The summed E-state index contributed by atoms with van der Waals surface area (Å²) in [5, 5.41) is 55.6. The molecule has 0 aromatic carbocycles. The van der Waals surface area contributed by atoms with Crippen LogP contribution in [0.4, 0.5) is 0 Å². The predicted molar refractivity (Wildman–Crippen MR) is 223 cm³/mol. The van der Waals surface area contributed by atoms with Crippen molar-refractivity contribution < 1.29 is 57.3 Å². The number of rotatable bonds is 6. The summed E-state index contributed by atoms with van der Waals surface area (Å²) in [7, 11) is -3.85. The van der Waals surface area contributed by atoms with Crippen LogP contribution < -0.4 is 0 Å². The zero-order valence-electron chi connectivity index (χ0n) is 35.4. The van der Waals surface area contributed by atoms with E-state index in [1.807, 2.05) is 33.8 Å². The number of allylic oxidation sites excluding steroid dienone is 8. The van der Waals surface area contributed by atoms with Crippen molar-refractivity contribution >= 4 is 56.5 Å². The summed E-state index contributed by atoms with van der Waals surface area (Å²) in [6.07, 6.45) is 12.8. The van der Waals surface area contributed by atoms with Crippen molar-refractivity contribution in [1.82, 2.24) is 0 Å². The van der Waals surface area contributed by atoms with E-state index in [9.17, 15) is 53.1 Å². The van der Waals surface area contributed by atoms with Gasteiger partial charge in [0.15, 0.2) is 23.1 Å². The summed E-state index contributed by atoms with van der Waals surface area (Å²) in [6, 6.07) is 0. The van der Waals surface area contributed by atoms with Crippen LogP contribution in [0.25, 0.3) is 0 Å². The SMILES string of the molecule is C[C@@H]1CC2C3CCC4=CC(=O)C=CC4(C)[C@@]3(Cl)[C@@H](O)CC2(C)[C@@]1(O)C(=O)CO.C[C@@H]1CC2C3CCC4=CC(=O)C=CC4(C)[C@@]3(Cl)[C@@H](O)CC2(C)[C@@]1(O)C(=O)COS(C)(=O)=O. The maximum Gasteiger partial charge on any atom is 0.264 e. The summed E-state index contributed by atoms with van der Waals surface area (Å²) < 4.78 is 27.6. The van der Waals surface area contributed by atoms with Gasteiger partial charge in [0.05, 0.1) is 28.2 Å². The Bertz CT molecular complexity index is 2130. The Labute approximate surface area is 362 Å². The standard InChI is InChI=1S/C23H31ClO7S.C22H29ClO5/c1-13-9-17-16-6-5-14-10-15(25)7-8-20(14,2)22(16,24)18(26)11-21(17,3)23(13,28)19(27)12-31-32(4,29)30;1-12-8-16-15-5-4-13-9-14(25)6-7-19(13,2)21(15,23)17(26)10-20(16,3)22(12,28)18(27)11-24/h7-8,10,13,16-18,26,28H,5-6,9,11-12H2,1-4H3;6-7,9,12,15-17,24,26,28H,4-5,8,10-11H2,1-3H3/t13-,16?,17?,18+,20?,21?,22+,23+;12-,15?,16?,17+,19?,20?,21+,22+/m11/s1. The molecule has 60 heavy (non-hydrogen) atoms. The first-order valence-corrected chi connectivity index (χ1v) is 23.7. The van der Waals surface area contributed by atoms with Gasteiger partial charge in [-0.2, -0.15) is 8.42 Å². The van der Waals surface area contributed by atoms with Crippen LogP contribution in [0.15, 0.2) is 47.6 Å². The molecule has 0 spiro atoms. The van der Waals surface area contributed by atoms with Crippen molar-refractivity contribution in [3.63, 3.8) is 0 Å². The van der Waals surface area contributed by atoms with Crippen molar-refractivity contribution in [2.75, 3.05) is 19.5 Å². The molecule has 6 fully saturated rings. The first-order chi connectivity index (χ1) is 27.6. The second-order valence-corrected chi connectivity index (χ2v) is 23.2. The van der Waals surface area contributed by atoms with Gasteiger partial charge in [0.2, 0.25) is 0 Å². The van der Waals surface area contributed by atoms with Crippen LogP contribution in [0.2, 0.25) is 0 Å². The Morgan fingerprint density at radius 1 is 0.733 bits per heavy atom. The number of aliphatic hydroxyl groups is 5. The second-order valence-electron chi connectivity index (χ2n) is 20.3. The predicted octanol–water partition coefficient (Wildman–Crippen LogP) is 4.31. The van der Waals surface area contributed by atoms with E-state index < -0.39 is 95.6 Å². The number of aliphatic hydroxyl groups excluding tert-OH is 3. The van der Waals surface area contributed by atoms with Crippen molar-refractivity contribution in [2.24, 2.45) is 57.2 Å². The maximum atomic E-state index is 13.1. The van der Waals surface area contributed by atoms with Gasteiger partial charge in [0.1, 0.15) is 24.4 Å². The number of hydrogen-bond donors (Lipinski definition) is 5. The number of halogens is 2. The molecule has 0 aliphatic heterocycles. The highest BCUT2D eigenvalue weighted by atomic mass is 35.5. The third-order valence-corrected chi connectivity index (χ3v) is 20.2. The van der Waals surface area contributed by atoms with Crippen molar-refractivity contribution in [1.29, 1.82) is 0 Å². The highest BCUT2D eigenvalue weighted by molar-refractivity contribution is 7.86. The fourth-order valence-corrected chi connectivity index (χ4v) is 16.0. The smallest absolute Gasteiger partial charge is 0.264 e. The van der Waals surface area contributed by atoms with Gasteiger partial charge in [-0.05, 0) is 111 Å². The number of ketones is 4. The highest BCUT2D eigenvalue weighted by Crippen LogP contribution is 2.73. The first-order valence-electron chi connectivity index (χ1n) is 21.2. The molecule has 15 heteroatoms. The van der Waals surface area contributed by atoms with Crippen molar-refractivity contribution in [3.05, 3.63) is 47.6 Å². The molecule has 0 aromatic heterocycles. The molecule has 5 N–H and O–H groups in total. The van der Waals surface area contributed by atoms with Gasteiger partial charge in [-0.3, -0.25) is 23.4 Å². The number of carbonyl (C=O) groups excluding carboxylic acids is 4. The Hall–Kier alpha value is -2.07. The lowest BCUT2D eigenvalue weighted by Gasteiger charge is -2.63. The van der Waals surface area contributed by atoms with Gasteiger partial charge in [-0.1, -0.05) is 64.8 Å². The van der Waals surface area contributed by atoms with Crippen LogP contribution in [-0.4, -0.2) is 110 Å². The zero-order chi connectivity index (χ0) is 44.6. The Morgan fingerprint density at radius 2 is 1.12 bits per heavy atom. The third kappa shape index (κ3) is 5.84. The lowest BCUT2D eigenvalue weighted by Crippen LogP contribution is -2.69.